The number of aryl methyl sites for hydroxylation is 1. The van der Waals surface area contributed by atoms with E-state index in [1.165, 1.54) is 34.7 Å². The summed E-state index contributed by atoms with van der Waals surface area (Å²) in [6.45, 7) is 3.35. The monoisotopic (exact) mass is 627 g/mol. The molecule has 6 aromatic rings. The number of aromatic amines is 2. The van der Waals surface area contributed by atoms with Crippen molar-refractivity contribution in [3.63, 3.8) is 0 Å². The summed E-state index contributed by atoms with van der Waals surface area (Å²) in [6.07, 6.45) is 6.60. The zero-order chi connectivity index (χ0) is 32.7. The number of hydrogen-bond donors (Lipinski definition) is 5. The van der Waals surface area contributed by atoms with E-state index in [1.807, 2.05) is 49.7 Å². The molecule has 0 saturated heterocycles. The number of amides is 1. The number of nitrogens with one attached hydrogen (secondary N) is 4. The van der Waals surface area contributed by atoms with Gasteiger partial charge in [0, 0.05) is 37.9 Å². The number of fused-ring (bicyclic) bond motifs is 4. The number of carbonyl (C=O) groups is 2. The molecule has 0 unspecified atom stereocenters. The van der Waals surface area contributed by atoms with Gasteiger partial charge in [-0.05, 0) is 65.1 Å². The first-order valence-corrected chi connectivity index (χ1v) is 14.7. The summed E-state index contributed by atoms with van der Waals surface area (Å²) in [6, 6.07) is 13.6. The van der Waals surface area contributed by atoms with Crippen LogP contribution in [0.15, 0.2) is 65.1 Å². The predicted molar refractivity (Wildman–Crippen MR) is 180 cm³/mol. The van der Waals surface area contributed by atoms with Crippen LogP contribution in [0.2, 0.25) is 0 Å². The van der Waals surface area contributed by atoms with Crippen LogP contribution in [0.25, 0.3) is 22.1 Å². The maximum absolute atomic E-state index is 12.3. The van der Waals surface area contributed by atoms with Crippen molar-refractivity contribution >= 4 is 69.4 Å². The number of rotatable bonds is 6. The standard InChI is InChI=1S/C18H18N6O.C15H11N5O2/c1-10-14-16(22-13-5-4-11-7-19-8-12(11)6-13)20-9-21-17(14)23-15(10)18(25)24(2)3;21-15(22)12-4-11-13(17-7-18-14(11)20-12)19-10-2-1-8-5-16-6-9(8)3-10/h4-6,8-9H,7H2,1-3H3,(H2,20,21,22,23);1-4,6-7H,5H2,(H,21,22)(H2,17,18,19,20). The molecule has 234 valence electrons. The van der Waals surface area contributed by atoms with Gasteiger partial charge in [0.25, 0.3) is 5.91 Å². The minimum Gasteiger partial charge on any atom is -0.477 e. The Bertz CT molecular complexity index is 2270. The van der Waals surface area contributed by atoms with Gasteiger partial charge in [0.2, 0.25) is 0 Å². The number of aliphatic imine (C=N–C) groups is 2. The van der Waals surface area contributed by atoms with Crippen molar-refractivity contribution in [1.82, 2.24) is 34.8 Å². The number of anilines is 4. The molecule has 47 heavy (non-hydrogen) atoms. The highest BCUT2D eigenvalue weighted by atomic mass is 16.4. The van der Waals surface area contributed by atoms with Crippen LogP contribution >= 0.6 is 0 Å². The van der Waals surface area contributed by atoms with Crippen molar-refractivity contribution in [2.24, 2.45) is 9.98 Å². The van der Waals surface area contributed by atoms with Crippen LogP contribution in [0, 0.1) is 6.92 Å². The van der Waals surface area contributed by atoms with Gasteiger partial charge >= 0.3 is 5.97 Å². The molecule has 0 bridgehead atoms. The highest BCUT2D eigenvalue weighted by Gasteiger charge is 2.20. The minimum atomic E-state index is -1.03. The maximum Gasteiger partial charge on any atom is 0.352 e. The largest absolute Gasteiger partial charge is 0.477 e. The fraction of sp³-hybridized carbons (Fsp3) is 0.152. The zero-order valence-corrected chi connectivity index (χ0v) is 25.7. The van der Waals surface area contributed by atoms with Crippen molar-refractivity contribution in [3.8, 4) is 0 Å². The second-order valence-corrected chi connectivity index (χ2v) is 11.3. The number of nitrogens with zero attached hydrogens (tertiary/aromatic N) is 7. The van der Waals surface area contributed by atoms with Crippen LogP contribution in [0.4, 0.5) is 23.0 Å². The summed E-state index contributed by atoms with van der Waals surface area (Å²) < 4.78 is 0. The molecule has 4 aromatic heterocycles. The fourth-order valence-electron chi connectivity index (χ4n) is 5.49. The molecule has 2 aromatic carbocycles. The van der Waals surface area contributed by atoms with Crippen molar-refractivity contribution in [3.05, 3.63) is 94.3 Å². The van der Waals surface area contributed by atoms with E-state index < -0.39 is 5.97 Å². The van der Waals surface area contributed by atoms with E-state index in [9.17, 15) is 9.59 Å². The average Bonchev–Trinajstić information content (AvgIpc) is 3.87. The molecule has 0 fully saturated rings. The van der Waals surface area contributed by atoms with Gasteiger partial charge in [-0.2, -0.15) is 0 Å². The normalized spacial score (nSPS) is 12.5. The van der Waals surface area contributed by atoms with Crippen LogP contribution in [-0.2, 0) is 13.1 Å². The summed E-state index contributed by atoms with van der Waals surface area (Å²) >= 11 is 0. The van der Waals surface area contributed by atoms with Gasteiger partial charge in [-0.15, -0.1) is 0 Å². The van der Waals surface area contributed by atoms with Gasteiger partial charge in [-0.25, -0.2) is 24.7 Å². The van der Waals surface area contributed by atoms with E-state index in [1.54, 1.807) is 14.1 Å². The Labute approximate surface area is 267 Å². The Morgan fingerprint density at radius 1 is 0.787 bits per heavy atom. The van der Waals surface area contributed by atoms with Crippen LogP contribution in [0.1, 0.15) is 48.8 Å². The number of carboxylic acid groups (broad SMARTS) is 1. The predicted octanol–water partition coefficient (Wildman–Crippen LogP) is 4.98. The van der Waals surface area contributed by atoms with E-state index in [0.29, 0.717) is 40.6 Å². The highest BCUT2D eigenvalue weighted by molar-refractivity contribution is 6.03. The lowest BCUT2D eigenvalue weighted by Gasteiger charge is -2.10. The Hall–Kier alpha value is -6.44. The first kappa shape index (κ1) is 29.3. The Morgan fingerprint density at radius 3 is 2.00 bits per heavy atom. The van der Waals surface area contributed by atoms with E-state index in [4.69, 9.17) is 5.11 Å². The molecule has 1 amide bonds. The molecule has 5 N–H and O–H groups in total. The Kier molecular flexibility index (Phi) is 7.36. The summed E-state index contributed by atoms with van der Waals surface area (Å²) in [4.78, 5) is 56.2. The number of hydrogen-bond acceptors (Lipinski definition) is 10. The smallest absolute Gasteiger partial charge is 0.352 e. The molecular weight excluding hydrogens is 598 g/mol. The number of aromatic carboxylic acids is 1. The summed E-state index contributed by atoms with van der Waals surface area (Å²) in [7, 11) is 3.45. The van der Waals surface area contributed by atoms with Crippen molar-refractivity contribution in [2.75, 3.05) is 24.7 Å². The molecule has 0 radical (unpaired) electrons. The number of H-pyrrole nitrogens is 2. The first-order valence-electron chi connectivity index (χ1n) is 14.7. The van der Waals surface area contributed by atoms with E-state index in [2.05, 4.69) is 56.6 Å². The van der Waals surface area contributed by atoms with Gasteiger partial charge in [0.05, 0.1) is 23.9 Å². The van der Waals surface area contributed by atoms with Crippen molar-refractivity contribution in [2.45, 2.75) is 20.0 Å². The maximum atomic E-state index is 12.3. The Balaban J connectivity index is 0.000000151. The van der Waals surface area contributed by atoms with Crippen LogP contribution in [-0.4, -0.2) is 78.3 Å². The number of carbonyl (C=O) groups excluding carboxylic acids is 1. The van der Waals surface area contributed by atoms with Gasteiger partial charge in [-0.1, -0.05) is 12.1 Å². The molecule has 6 heterocycles. The number of benzene rings is 2. The second kappa shape index (κ2) is 11.8. The van der Waals surface area contributed by atoms with Crippen molar-refractivity contribution in [1.29, 1.82) is 0 Å². The summed E-state index contributed by atoms with van der Waals surface area (Å²) in [5, 5.41) is 17.1. The van der Waals surface area contributed by atoms with Crippen LogP contribution < -0.4 is 10.6 Å². The highest BCUT2D eigenvalue weighted by Crippen LogP contribution is 2.30. The molecule has 14 heteroatoms. The minimum absolute atomic E-state index is 0.0830. The van der Waals surface area contributed by atoms with Gasteiger partial charge < -0.3 is 30.6 Å². The zero-order valence-electron chi connectivity index (χ0n) is 25.7. The molecule has 0 aliphatic carbocycles. The van der Waals surface area contributed by atoms with E-state index in [0.717, 1.165) is 40.0 Å². The molecule has 0 spiro atoms. The SMILES string of the molecule is Cc1c(C(=O)N(C)C)[nH]c2ncnc(Nc3ccc4c(c3)C=NC4)c12.O=C(O)c1cc2c(Nc3ccc4c(c3)C=NC4)ncnc2[nH]1. The third kappa shape index (κ3) is 5.63. The molecule has 0 saturated carbocycles. The lowest BCUT2D eigenvalue weighted by atomic mass is 10.1. The number of carboxylic acids is 1. The Morgan fingerprint density at radius 2 is 1.38 bits per heavy atom. The summed E-state index contributed by atoms with van der Waals surface area (Å²) in [5.74, 6) is 0.114. The second-order valence-electron chi connectivity index (χ2n) is 11.3. The van der Waals surface area contributed by atoms with E-state index in [-0.39, 0.29) is 11.6 Å². The number of aromatic nitrogens is 6. The van der Waals surface area contributed by atoms with E-state index >= 15 is 0 Å². The summed E-state index contributed by atoms with van der Waals surface area (Å²) in [5.41, 5.74) is 8.96. The van der Waals surface area contributed by atoms with Crippen LogP contribution in [0.5, 0.6) is 0 Å². The van der Waals surface area contributed by atoms with Crippen molar-refractivity contribution < 1.29 is 14.7 Å². The third-order valence-corrected chi connectivity index (χ3v) is 7.92. The third-order valence-electron chi connectivity index (χ3n) is 7.92. The van der Waals surface area contributed by atoms with Crippen LogP contribution in [0.3, 0.4) is 0 Å². The lowest BCUT2D eigenvalue weighted by Crippen LogP contribution is -2.22. The average molecular weight is 628 g/mol. The topological polar surface area (TPSA) is 190 Å². The molecule has 14 nitrogen and oxygen atoms in total. The first-order chi connectivity index (χ1) is 22.7. The quantitative estimate of drug-likeness (QED) is 0.170. The molecule has 2 aliphatic heterocycles. The van der Waals surface area contributed by atoms with Gasteiger partial charge in [0.1, 0.15) is 47.0 Å². The fourth-order valence-corrected chi connectivity index (χ4v) is 5.49. The molecule has 0 atom stereocenters. The molecule has 8 rings (SSSR count). The van der Waals surface area contributed by atoms with Gasteiger partial charge in [0.15, 0.2) is 0 Å². The molecule has 2 aliphatic rings. The lowest BCUT2D eigenvalue weighted by molar-refractivity contribution is 0.0691. The van der Waals surface area contributed by atoms with Gasteiger partial charge in [-0.3, -0.25) is 14.8 Å². The molecular formula is C33H29N11O3.